The van der Waals surface area contributed by atoms with Gasteiger partial charge in [-0.3, -0.25) is 14.4 Å². The van der Waals surface area contributed by atoms with E-state index in [0.717, 1.165) is 21.6 Å². The molecule has 0 spiro atoms. The average Bonchev–Trinajstić information content (AvgIpc) is 3.56. The number of hydrogen-bond acceptors (Lipinski definition) is 6. The summed E-state index contributed by atoms with van der Waals surface area (Å²) in [5.41, 5.74) is 2.20. The molecule has 0 aliphatic carbocycles. The zero-order valence-corrected chi connectivity index (χ0v) is 26.4. The number of nitrogens with zero attached hydrogens (tertiary/aromatic N) is 2. The first-order valence-electron chi connectivity index (χ1n) is 15.3. The molecule has 10 heteroatoms. The highest BCUT2D eigenvalue weighted by atomic mass is 16.7. The van der Waals surface area contributed by atoms with Crippen molar-refractivity contribution in [2.75, 3.05) is 6.79 Å². The Morgan fingerprint density at radius 2 is 1.59 bits per heavy atom. The van der Waals surface area contributed by atoms with Gasteiger partial charge in [0, 0.05) is 6.54 Å². The maximum absolute atomic E-state index is 14.0. The summed E-state index contributed by atoms with van der Waals surface area (Å²) in [6.45, 7) is 7.36. The maximum Gasteiger partial charge on any atom is 0.328 e. The summed E-state index contributed by atoms with van der Waals surface area (Å²) < 4.78 is 10.8. The van der Waals surface area contributed by atoms with E-state index in [1.54, 1.807) is 32.0 Å². The molecule has 1 saturated heterocycles. The normalized spacial score (nSPS) is 16.7. The van der Waals surface area contributed by atoms with Crippen molar-refractivity contribution in [3.05, 3.63) is 95.1 Å². The van der Waals surface area contributed by atoms with E-state index in [9.17, 15) is 24.3 Å². The number of nitrogens with one attached hydrogen (secondary N) is 1. The minimum atomic E-state index is -1.21. The van der Waals surface area contributed by atoms with Crippen LogP contribution in [0.4, 0.5) is 4.79 Å². The SMILES string of the molecule is CC(C)CC(C(=O)NC(CC(=O)O)c1ccc2c(c1)OCO2)N1C(=O)N(Cc2ccc(/C=C/c3ccccc3)cc2)C(C)(C)C1=O. The molecular formula is C36H39N3O7. The molecule has 0 aromatic heterocycles. The van der Waals surface area contributed by atoms with Crippen molar-refractivity contribution in [3.63, 3.8) is 0 Å². The van der Waals surface area contributed by atoms with Crippen LogP contribution in [0.1, 0.15) is 68.8 Å². The molecule has 2 aliphatic rings. The lowest BCUT2D eigenvalue weighted by molar-refractivity contribution is -0.140. The van der Waals surface area contributed by atoms with Crippen LogP contribution in [-0.2, 0) is 20.9 Å². The Morgan fingerprint density at radius 3 is 2.24 bits per heavy atom. The van der Waals surface area contributed by atoms with Crippen LogP contribution >= 0.6 is 0 Å². The fraction of sp³-hybridized carbons (Fsp3) is 0.333. The predicted octanol–water partition coefficient (Wildman–Crippen LogP) is 5.88. The van der Waals surface area contributed by atoms with Crippen molar-refractivity contribution >= 4 is 36.0 Å². The van der Waals surface area contributed by atoms with Gasteiger partial charge in [0.05, 0.1) is 12.5 Å². The molecular weight excluding hydrogens is 586 g/mol. The van der Waals surface area contributed by atoms with E-state index < -0.39 is 47.9 Å². The second kappa shape index (κ2) is 13.5. The lowest BCUT2D eigenvalue weighted by Crippen LogP contribution is -2.52. The molecule has 0 saturated carbocycles. The number of aliphatic carboxylic acids is 1. The highest BCUT2D eigenvalue weighted by Gasteiger charge is 2.54. The topological polar surface area (TPSA) is 125 Å². The molecule has 5 rings (SSSR count). The van der Waals surface area contributed by atoms with Gasteiger partial charge in [-0.15, -0.1) is 0 Å². The number of benzene rings is 3. The zero-order valence-electron chi connectivity index (χ0n) is 26.4. The first-order chi connectivity index (χ1) is 21.9. The Labute approximate surface area is 268 Å². The lowest BCUT2D eigenvalue weighted by Gasteiger charge is -2.29. The summed E-state index contributed by atoms with van der Waals surface area (Å²) in [4.78, 5) is 56.0. The minimum Gasteiger partial charge on any atom is -0.481 e. The van der Waals surface area contributed by atoms with E-state index in [1.165, 1.54) is 4.90 Å². The molecule has 4 amide bonds. The number of carbonyl (C=O) groups is 4. The van der Waals surface area contributed by atoms with E-state index in [2.05, 4.69) is 5.32 Å². The summed E-state index contributed by atoms with van der Waals surface area (Å²) in [6, 6.07) is 20.0. The van der Waals surface area contributed by atoms with Gasteiger partial charge in [-0.05, 0) is 60.6 Å². The van der Waals surface area contributed by atoms with Crippen LogP contribution in [0.25, 0.3) is 12.2 Å². The Kier molecular flexibility index (Phi) is 9.46. The molecule has 2 aliphatic heterocycles. The molecule has 2 N–H and O–H groups in total. The number of urea groups is 1. The fourth-order valence-electron chi connectivity index (χ4n) is 5.68. The molecule has 240 valence electrons. The van der Waals surface area contributed by atoms with Gasteiger partial charge < -0.3 is 24.8 Å². The van der Waals surface area contributed by atoms with Crippen LogP contribution in [0.3, 0.4) is 0 Å². The number of carboxylic acid groups (broad SMARTS) is 1. The third-order valence-electron chi connectivity index (χ3n) is 8.25. The maximum atomic E-state index is 14.0. The fourth-order valence-corrected chi connectivity index (χ4v) is 5.68. The Hall–Kier alpha value is -5.12. The van der Waals surface area contributed by atoms with Crippen molar-refractivity contribution < 1.29 is 33.8 Å². The number of rotatable bonds is 12. The van der Waals surface area contributed by atoms with Crippen molar-refractivity contribution in [1.82, 2.24) is 15.1 Å². The quantitative estimate of drug-likeness (QED) is 0.190. The number of amides is 4. The zero-order chi connectivity index (χ0) is 33.0. The van der Waals surface area contributed by atoms with Crippen molar-refractivity contribution in [1.29, 1.82) is 0 Å². The first-order valence-corrected chi connectivity index (χ1v) is 15.3. The van der Waals surface area contributed by atoms with E-state index in [4.69, 9.17) is 9.47 Å². The second-order valence-electron chi connectivity index (χ2n) is 12.5. The number of hydrogen-bond donors (Lipinski definition) is 2. The van der Waals surface area contributed by atoms with Gasteiger partial charge in [0.2, 0.25) is 12.7 Å². The summed E-state index contributed by atoms with van der Waals surface area (Å²) in [6.07, 6.45) is 3.82. The van der Waals surface area contributed by atoms with Crippen LogP contribution in [0.5, 0.6) is 11.5 Å². The molecule has 3 aromatic carbocycles. The molecule has 1 fully saturated rings. The van der Waals surface area contributed by atoms with Gasteiger partial charge in [0.25, 0.3) is 5.91 Å². The summed E-state index contributed by atoms with van der Waals surface area (Å²) in [7, 11) is 0. The summed E-state index contributed by atoms with van der Waals surface area (Å²) in [5.74, 6) is -1.29. The van der Waals surface area contributed by atoms with Crippen LogP contribution in [0.2, 0.25) is 0 Å². The predicted molar refractivity (Wildman–Crippen MR) is 173 cm³/mol. The first kappa shape index (κ1) is 32.3. The third kappa shape index (κ3) is 7.06. The summed E-state index contributed by atoms with van der Waals surface area (Å²) in [5, 5.41) is 12.5. The molecule has 10 nitrogen and oxygen atoms in total. The second-order valence-corrected chi connectivity index (χ2v) is 12.5. The molecule has 0 bridgehead atoms. The van der Waals surface area contributed by atoms with Crippen LogP contribution in [-0.4, -0.2) is 57.1 Å². The molecule has 2 heterocycles. The summed E-state index contributed by atoms with van der Waals surface area (Å²) >= 11 is 0. The average molecular weight is 626 g/mol. The number of carboxylic acids is 1. The molecule has 3 aromatic rings. The molecule has 0 radical (unpaired) electrons. The lowest BCUT2D eigenvalue weighted by atomic mass is 9.97. The van der Waals surface area contributed by atoms with Gasteiger partial charge >= 0.3 is 12.0 Å². The van der Waals surface area contributed by atoms with Gasteiger partial charge in [0.15, 0.2) is 11.5 Å². The van der Waals surface area contributed by atoms with Crippen molar-refractivity contribution in [2.24, 2.45) is 5.92 Å². The van der Waals surface area contributed by atoms with Gasteiger partial charge in [0.1, 0.15) is 11.6 Å². The monoisotopic (exact) mass is 625 g/mol. The van der Waals surface area contributed by atoms with Gasteiger partial charge in [-0.1, -0.05) is 86.7 Å². The standard InChI is InChI=1S/C36H39N3O7/c1-23(2)18-29(33(42)37-28(20-32(40)41)27-16-17-30-31(19-27)46-22-45-30)39-34(43)36(3,4)38(35(39)44)21-26-14-12-25(13-15-26)11-10-24-8-6-5-7-9-24/h5-17,19,23,28-29H,18,20-22H2,1-4H3,(H,37,42)(H,40,41)/b11-10+. The highest BCUT2D eigenvalue weighted by molar-refractivity contribution is 6.09. The van der Waals surface area contributed by atoms with Crippen molar-refractivity contribution in [2.45, 2.75) is 64.7 Å². The molecule has 2 unspecified atom stereocenters. The molecule has 2 atom stereocenters. The number of fused-ring (bicyclic) bond motifs is 1. The van der Waals surface area contributed by atoms with E-state index in [0.29, 0.717) is 17.1 Å². The van der Waals surface area contributed by atoms with E-state index in [1.807, 2.05) is 80.6 Å². The van der Waals surface area contributed by atoms with Crippen molar-refractivity contribution in [3.8, 4) is 11.5 Å². The Morgan fingerprint density at radius 1 is 0.935 bits per heavy atom. The van der Waals surface area contributed by atoms with Crippen LogP contribution < -0.4 is 14.8 Å². The van der Waals surface area contributed by atoms with Gasteiger partial charge in [-0.2, -0.15) is 0 Å². The minimum absolute atomic E-state index is 0.0477. The van der Waals surface area contributed by atoms with Crippen LogP contribution in [0, 0.1) is 5.92 Å². The van der Waals surface area contributed by atoms with E-state index >= 15 is 0 Å². The number of carbonyl (C=O) groups excluding carboxylic acids is 3. The Bertz CT molecular complexity index is 1630. The number of ether oxygens (including phenoxy) is 2. The highest BCUT2D eigenvalue weighted by Crippen LogP contribution is 2.36. The largest absolute Gasteiger partial charge is 0.481 e. The molecule has 46 heavy (non-hydrogen) atoms. The van der Waals surface area contributed by atoms with Gasteiger partial charge in [-0.25, -0.2) is 9.69 Å². The van der Waals surface area contributed by atoms with Crippen LogP contribution in [0.15, 0.2) is 72.8 Å². The Balaban J connectivity index is 1.35. The number of imide groups is 1. The van der Waals surface area contributed by atoms with E-state index in [-0.39, 0.29) is 25.7 Å². The third-order valence-corrected chi connectivity index (χ3v) is 8.25. The smallest absolute Gasteiger partial charge is 0.328 e.